The number of hydroxylamine groups is 2. The Morgan fingerprint density at radius 2 is 2.11 bits per heavy atom. The Kier molecular flexibility index (Phi) is 2.76. The molecule has 1 heterocycles. The van der Waals surface area contributed by atoms with E-state index >= 15 is 0 Å². The van der Waals surface area contributed by atoms with Crippen LogP contribution in [-0.4, -0.2) is 29.1 Å². The minimum absolute atomic E-state index is 0.308. The smallest absolute Gasteiger partial charge is 0.319 e. The van der Waals surface area contributed by atoms with Gasteiger partial charge in [0, 0.05) is 12.1 Å². The van der Waals surface area contributed by atoms with Gasteiger partial charge in [-0.2, -0.15) is 0 Å². The van der Waals surface area contributed by atoms with Crippen molar-refractivity contribution in [1.29, 1.82) is 0 Å². The van der Waals surface area contributed by atoms with Crippen molar-refractivity contribution in [2.45, 2.75) is 19.0 Å². The lowest BCUT2D eigenvalue weighted by Crippen LogP contribution is -2.28. The first-order chi connectivity index (χ1) is 9.03. The van der Waals surface area contributed by atoms with Crippen molar-refractivity contribution < 1.29 is 14.7 Å². The first-order valence-electron chi connectivity index (χ1n) is 6.01. The molecule has 2 aliphatic rings. The molecule has 1 N–H and O–H groups in total. The van der Waals surface area contributed by atoms with Crippen molar-refractivity contribution in [2.75, 3.05) is 7.05 Å². The maximum Gasteiger partial charge on any atom is 0.319 e. The highest BCUT2D eigenvalue weighted by atomic mass is 35.5. The number of hydrogen-bond acceptors (Lipinski definition) is 4. The summed E-state index contributed by atoms with van der Waals surface area (Å²) in [6.07, 6.45) is 0.856. The molecule has 1 aromatic carbocycles. The van der Waals surface area contributed by atoms with E-state index in [1.165, 1.54) is 0 Å². The molecule has 6 heteroatoms. The van der Waals surface area contributed by atoms with Crippen molar-refractivity contribution in [2.24, 2.45) is 10.4 Å². The second-order valence-corrected chi connectivity index (χ2v) is 5.32. The fraction of sp³-hybridized carbons (Fsp3) is 0.385. The van der Waals surface area contributed by atoms with E-state index in [9.17, 15) is 9.90 Å². The molecule has 1 saturated carbocycles. The van der Waals surface area contributed by atoms with Crippen LogP contribution in [0.25, 0.3) is 0 Å². The molecular formula is C13H13ClN2O3. The number of hydrogen-bond donors (Lipinski definition) is 1. The average Bonchev–Trinajstić information content (AvgIpc) is 3.10. The lowest BCUT2D eigenvalue weighted by atomic mass is 10.1. The fourth-order valence-corrected chi connectivity index (χ4v) is 2.30. The lowest BCUT2D eigenvalue weighted by Gasteiger charge is -2.17. The highest BCUT2D eigenvalue weighted by molar-refractivity contribution is 6.30. The maximum atomic E-state index is 11.3. The van der Waals surface area contributed by atoms with E-state index in [2.05, 4.69) is 4.99 Å². The van der Waals surface area contributed by atoms with Crippen LogP contribution in [0.4, 0.5) is 0 Å². The zero-order chi connectivity index (χ0) is 13.6. The molecule has 100 valence electrons. The number of carboxylic acid groups (broad SMARTS) is 1. The summed E-state index contributed by atoms with van der Waals surface area (Å²) in [6, 6.07) is 7.28. The number of aliphatic carboxylic acids is 1. The Morgan fingerprint density at radius 3 is 2.63 bits per heavy atom. The number of benzene rings is 1. The Balaban J connectivity index is 1.89. The minimum Gasteiger partial charge on any atom is -0.480 e. The van der Waals surface area contributed by atoms with Gasteiger partial charge in [-0.15, -0.1) is 5.06 Å². The molecule has 0 bridgehead atoms. The SMILES string of the molecule is CN1OC(C2(C(=O)O)CC2)=NC1c1ccc(Cl)cc1. The zero-order valence-electron chi connectivity index (χ0n) is 10.3. The molecule has 1 unspecified atom stereocenters. The lowest BCUT2D eigenvalue weighted by molar-refractivity contribution is -0.142. The van der Waals surface area contributed by atoms with E-state index in [1.54, 1.807) is 24.2 Å². The third kappa shape index (κ3) is 1.99. The summed E-state index contributed by atoms with van der Waals surface area (Å²) < 4.78 is 0. The van der Waals surface area contributed by atoms with Gasteiger partial charge in [-0.3, -0.25) is 4.79 Å². The molecule has 3 rings (SSSR count). The molecule has 0 radical (unpaired) electrons. The van der Waals surface area contributed by atoms with Crippen LogP contribution in [0.1, 0.15) is 24.6 Å². The predicted octanol–water partition coefficient (Wildman–Crippen LogP) is 2.48. The van der Waals surface area contributed by atoms with E-state index in [0.717, 1.165) is 5.56 Å². The van der Waals surface area contributed by atoms with Crippen LogP contribution in [0.5, 0.6) is 0 Å². The van der Waals surface area contributed by atoms with Crippen molar-refractivity contribution >= 4 is 23.5 Å². The second kappa shape index (κ2) is 4.21. The molecule has 0 aromatic heterocycles. The fourth-order valence-electron chi connectivity index (χ4n) is 2.18. The first-order valence-corrected chi connectivity index (χ1v) is 6.39. The van der Waals surface area contributed by atoms with E-state index in [4.69, 9.17) is 16.4 Å². The first kappa shape index (κ1) is 12.4. The second-order valence-electron chi connectivity index (χ2n) is 4.88. The van der Waals surface area contributed by atoms with E-state index < -0.39 is 11.4 Å². The molecule has 1 fully saturated rings. The van der Waals surface area contributed by atoms with Gasteiger partial charge in [0.1, 0.15) is 5.41 Å². The number of halogens is 1. The molecule has 0 amide bonds. The quantitative estimate of drug-likeness (QED) is 0.924. The molecule has 1 atom stereocenters. The van der Waals surface area contributed by atoms with E-state index in [-0.39, 0.29) is 6.17 Å². The molecule has 1 aliphatic heterocycles. The predicted molar refractivity (Wildman–Crippen MR) is 69.8 cm³/mol. The molecule has 1 aliphatic carbocycles. The van der Waals surface area contributed by atoms with Crippen LogP contribution in [0.2, 0.25) is 5.02 Å². The summed E-state index contributed by atoms with van der Waals surface area (Å²) >= 11 is 5.85. The number of nitrogens with zero attached hydrogens (tertiary/aromatic N) is 2. The van der Waals surface area contributed by atoms with Gasteiger partial charge >= 0.3 is 5.97 Å². The van der Waals surface area contributed by atoms with Gasteiger partial charge in [-0.1, -0.05) is 23.7 Å². The van der Waals surface area contributed by atoms with Crippen molar-refractivity contribution in [1.82, 2.24) is 5.06 Å². The third-order valence-corrected chi connectivity index (χ3v) is 3.80. The summed E-state index contributed by atoms with van der Waals surface area (Å²) in [7, 11) is 1.74. The topological polar surface area (TPSA) is 62.1 Å². The highest BCUT2D eigenvalue weighted by Crippen LogP contribution is 2.50. The van der Waals surface area contributed by atoms with Gasteiger partial charge in [0.25, 0.3) is 0 Å². The summed E-state index contributed by atoms with van der Waals surface area (Å²) in [5.74, 6) is -0.557. The molecule has 5 nitrogen and oxygen atoms in total. The van der Waals surface area contributed by atoms with Crippen LogP contribution in [0, 0.1) is 5.41 Å². The maximum absolute atomic E-state index is 11.3. The zero-order valence-corrected chi connectivity index (χ0v) is 11.1. The number of carbonyl (C=O) groups is 1. The van der Waals surface area contributed by atoms with Crippen LogP contribution in [0.15, 0.2) is 29.3 Å². The molecule has 19 heavy (non-hydrogen) atoms. The Bertz CT molecular complexity index is 552. The minimum atomic E-state index is -0.907. The Labute approximate surface area is 115 Å². The number of rotatable bonds is 3. The molecule has 0 saturated heterocycles. The Morgan fingerprint density at radius 1 is 1.47 bits per heavy atom. The van der Waals surface area contributed by atoms with Crippen LogP contribution >= 0.6 is 11.6 Å². The number of aliphatic imine (C=N–C) groups is 1. The van der Waals surface area contributed by atoms with Gasteiger partial charge in [-0.05, 0) is 30.5 Å². The van der Waals surface area contributed by atoms with Crippen LogP contribution in [0.3, 0.4) is 0 Å². The van der Waals surface area contributed by atoms with Gasteiger partial charge in [0.15, 0.2) is 6.17 Å². The van der Waals surface area contributed by atoms with Crippen molar-refractivity contribution in [3.8, 4) is 0 Å². The highest BCUT2D eigenvalue weighted by Gasteiger charge is 2.59. The standard InChI is InChI=1S/C13H13ClN2O3/c1-16-10(8-2-4-9(14)5-3-8)15-11(19-16)13(6-7-13)12(17)18/h2-5,10H,6-7H2,1H3,(H,17,18). The van der Waals surface area contributed by atoms with Crippen molar-refractivity contribution in [3.05, 3.63) is 34.9 Å². The monoisotopic (exact) mass is 280 g/mol. The number of carboxylic acids is 1. The molecule has 1 aromatic rings. The Hall–Kier alpha value is -1.59. The van der Waals surface area contributed by atoms with Gasteiger partial charge in [-0.25, -0.2) is 4.99 Å². The van der Waals surface area contributed by atoms with E-state index in [0.29, 0.717) is 23.8 Å². The third-order valence-electron chi connectivity index (χ3n) is 3.55. The molecule has 0 spiro atoms. The van der Waals surface area contributed by atoms with Gasteiger partial charge in [0.05, 0.1) is 0 Å². The summed E-state index contributed by atoms with van der Waals surface area (Å²) in [4.78, 5) is 21.2. The summed E-state index contributed by atoms with van der Waals surface area (Å²) in [5, 5.41) is 11.5. The van der Waals surface area contributed by atoms with Crippen LogP contribution < -0.4 is 0 Å². The molecular weight excluding hydrogens is 268 g/mol. The normalized spacial score (nSPS) is 24.7. The van der Waals surface area contributed by atoms with Gasteiger partial charge < -0.3 is 9.94 Å². The average molecular weight is 281 g/mol. The largest absolute Gasteiger partial charge is 0.480 e. The summed E-state index contributed by atoms with van der Waals surface area (Å²) in [5.41, 5.74) is 0.0122. The van der Waals surface area contributed by atoms with Crippen LogP contribution in [-0.2, 0) is 9.63 Å². The van der Waals surface area contributed by atoms with Crippen molar-refractivity contribution in [3.63, 3.8) is 0 Å². The van der Waals surface area contributed by atoms with Gasteiger partial charge in [0.2, 0.25) is 5.90 Å². The van der Waals surface area contributed by atoms with E-state index in [1.807, 2.05) is 12.1 Å². The summed E-state index contributed by atoms with van der Waals surface area (Å²) in [6.45, 7) is 0.